The number of anilines is 1. The van der Waals surface area contributed by atoms with Crippen molar-refractivity contribution in [1.29, 1.82) is 0 Å². The third kappa shape index (κ3) is 2.64. The maximum absolute atomic E-state index is 12.5. The molecular formula is C13H20N4O3S2. The number of hydrogen-bond acceptors (Lipinski definition) is 7. The van der Waals surface area contributed by atoms with Crippen molar-refractivity contribution in [3.8, 4) is 0 Å². The Morgan fingerprint density at radius 2 is 2.18 bits per heavy atom. The standard InChI is InChI=1S/C13H20N4O3S2/c18-22(19,11-2-3-11)17-6-7-20-13(9-17)4-1-5-16(8-13)12-15-14-10-21-12/h10-11H,1-9H2. The van der Waals surface area contributed by atoms with Gasteiger partial charge in [0.05, 0.1) is 24.0 Å². The Morgan fingerprint density at radius 1 is 1.32 bits per heavy atom. The van der Waals surface area contributed by atoms with Gasteiger partial charge in [0, 0.05) is 19.6 Å². The van der Waals surface area contributed by atoms with E-state index in [0.717, 1.165) is 37.4 Å². The summed E-state index contributed by atoms with van der Waals surface area (Å²) in [5.41, 5.74) is 1.33. The molecule has 2 saturated heterocycles. The van der Waals surface area contributed by atoms with Crippen LogP contribution in [0.2, 0.25) is 0 Å². The molecule has 1 atom stereocenters. The van der Waals surface area contributed by atoms with Crippen LogP contribution in [0.25, 0.3) is 0 Å². The van der Waals surface area contributed by atoms with E-state index < -0.39 is 15.6 Å². The van der Waals surface area contributed by atoms with Crippen LogP contribution in [-0.4, -0.2) is 66.6 Å². The molecule has 2 aliphatic heterocycles. The normalized spacial score (nSPS) is 30.8. The van der Waals surface area contributed by atoms with Gasteiger partial charge < -0.3 is 9.64 Å². The van der Waals surface area contributed by atoms with E-state index in [2.05, 4.69) is 15.1 Å². The first-order valence-corrected chi connectivity index (χ1v) is 10.1. The van der Waals surface area contributed by atoms with Crippen molar-refractivity contribution in [2.75, 3.05) is 37.7 Å². The molecule has 122 valence electrons. The molecule has 0 aromatic carbocycles. The van der Waals surface area contributed by atoms with Crippen molar-refractivity contribution >= 4 is 26.5 Å². The third-order valence-electron chi connectivity index (χ3n) is 4.68. The Balaban J connectivity index is 1.52. The summed E-state index contributed by atoms with van der Waals surface area (Å²) in [4.78, 5) is 2.18. The van der Waals surface area contributed by atoms with E-state index in [0.29, 0.717) is 26.2 Å². The number of aromatic nitrogens is 2. The highest BCUT2D eigenvalue weighted by atomic mass is 32.2. The highest BCUT2D eigenvalue weighted by Crippen LogP contribution is 2.36. The maximum Gasteiger partial charge on any atom is 0.217 e. The van der Waals surface area contributed by atoms with Crippen molar-refractivity contribution in [3.63, 3.8) is 0 Å². The minimum atomic E-state index is -3.13. The van der Waals surface area contributed by atoms with Gasteiger partial charge in [0.15, 0.2) is 0 Å². The molecule has 1 aromatic rings. The van der Waals surface area contributed by atoms with E-state index in [4.69, 9.17) is 4.74 Å². The molecule has 1 unspecified atom stereocenters. The fraction of sp³-hybridized carbons (Fsp3) is 0.846. The van der Waals surface area contributed by atoms with Crippen molar-refractivity contribution in [3.05, 3.63) is 5.51 Å². The first-order chi connectivity index (χ1) is 10.6. The Bertz CT molecular complexity index is 628. The van der Waals surface area contributed by atoms with Gasteiger partial charge >= 0.3 is 0 Å². The van der Waals surface area contributed by atoms with Gasteiger partial charge in [-0.15, -0.1) is 10.2 Å². The van der Waals surface area contributed by atoms with Crippen LogP contribution in [0.3, 0.4) is 0 Å². The van der Waals surface area contributed by atoms with Gasteiger partial charge in [-0.3, -0.25) is 0 Å². The van der Waals surface area contributed by atoms with E-state index >= 15 is 0 Å². The Labute approximate surface area is 134 Å². The molecule has 0 bridgehead atoms. The van der Waals surface area contributed by atoms with Gasteiger partial charge in [0.1, 0.15) is 5.51 Å². The highest BCUT2D eigenvalue weighted by Gasteiger charge is 2.47. The summed E-state index contributed by atoms with van der Waals surface area (Å²) in [7, 11) is -3.13. The number of nitrogens with zero attached hydrogens (tertiary/aromatic N) is 4. The molecule has 22 heavy (non-hydrogen) atoms. The van der Waals surface area contributed by atoms with E-state index in [9.17, 15) is 8.42 Å². The second-order valence-electron chi connectivity index (χ2n) is 6.36. The van der Waals surface area contributed by atoms with Crippen LogP contribution in [-0.2, 0) is 14.8 Å². The monoisotopic (exact) mass is 344 g/mol. The maximum atomic E-state index is 12.5. The summed E-state index contributed by atoms with van der Waals surface area (Å²) in [5, 5.41) is 8.77. The quantitative estimate of drug-likeness (QED) is 0.803. The second kappa shape index (κ2) is 5.40. The van der Waals surface area contributed by atoms with Gasteiger partial charge in [-0.05, 0) is 25.7 Å². The van der Waals surface area contributed by atoms with Crippen LogP contribution in [0.4, 0.5) is 5.13 Å². The molecule has 3 fully saturated rings. The zero-order valence-corrected chi connectivity index (χ0v) is 14.0. The molecule has 1 saturated carbocycles. The van der Waals surface area contributed by atoms with Gasteiger partial charge in [0.25, 0.3) is 0 Å². The molecule has 0 radical (unpaired) electrons. The van der Waals surface area contributed by atoms with E-state index in [1.54, 1.807) is 9.82 Å². The van der Waals surface area contributed by atoms with Crippen LogP contribution in [0.5, 0.6) is 0 Å². The highest BCUT2D eigenvalue weighted by molar-refractivity contribution is 7.90. The molecule has 1 spiro atoms. The summed E-state index contributed by atoms with van der Waals surface area (Å²) in [6.07, 6.45) is 3.50. The van der Waals surface area contributed by atoms with Crippen LogP contribution in [0.1, 0.15) is 25.7 Å². The Kier molecular flexibility index (Phi) is 3.63. The fourth-order valence-electron chi connectivity index (χ4n) is 3.42. The topological polar surface area (TPSA) is 75.6 Å². The lowest BCUT2D eigenvalue weighted by molar-refractivity contribution is -0.0950. The number of piperidine rings is 1. The first kappa shape index (κ1) is 14.8. The van der Waals surface area contributed by atoms with Gasteiger partial charge in [-0.1, -0.05) is 11.3 Å². The number of morpholine rings is 1. The third-order valence-corrected chi connectivity index (χ3v) is 7.77. The lowest BCUT2D eigenvalue weighted by Crippen LogP contribution is -2.61. The molecule has 1 aromatic heterocycles. The summed E-state index contributed by atoms with van der Waals surface area (Å²) in [5.74, 6) is 0. The minimum absolute atomic E-state index is 0.148. The van der Waals surface area contributed by atoms with Crippen molar-refractivity contribution < 1.29 is 13.2 Å². The molecule has 0 amide bonds. The van der Waals surface area contributed by atoms with Crippen molar-refractivity contribution in [2.24, 2.45) is 0 Å². The fourth-order valence-corrected chi connectivity index (χ4v) is 5.90. The van der Waals surface area contributed by atoms with Crippen molar-refractivity contribution in [2.45, 2.75) is 36.5 Å². The zero-order chi connectivity index (χ0) is 15.2. The second-order valence-corrected chi connectivity index (χ2v) is 9.38. The largest absolute Gasteiger partial charge is 0.370 e. The minimum Gasteiger partial charge on any atom is -0.370 e. The average Bonchev–Trinajstić information content (AvgIpc) is 3.24. The van der Waals surface area contributed by atoms with E-state index in [1.807, 2.05) is 0 Å². The Morgan fingerprint density at radius 3 is 2.91 bits per heavy atom. The van der Waals surface area contributed by atoms with Gasteiger partial charge in [-0.2, -0.15) is 4.31 Å². The molecule has 4 rings (SSSR count). The first-order valence-electron chi connectivity index (χ1n) is 7.73. The van der Waals surface area contributed by atoms with Crippen LogP contribution in [0.15, 0.2) is 5.51 Å². The summed E-state index contributed by atoms with van der Waals surface area (Å²) < 4.78 is 32.8. The number of rotatable bonds is 3. The molecule has 1 aliphatic carbocycles. The molecule has 3 aliphatic rings. The van der Waals surface area contributed by atoms with Crippen LogP contribution >= 0.6 is 11.3 Å². The van der Waals surface area contributed by atoms with Crippen LogP contribution in [0, 0.1) is 0 Å². The number of hydrogen-bond donors (Lipinski definition) is 0. The van der Waals surface area contributed by atoms with Gasteiger partial charge in [0.2, 0.25) is 15.2 Å². The molecule has 7 nitrogen and oxygen atoms in total. The smallest absolute Gasteiger partial charge is 0.217 e. The summed E-state index contributed by atoms with van der Waals surface area (Å²) in [6, 6.07) is 0. The van der Waals surface area contributed by atoms with E-state index in [-0.39, 0.29) is 5.25 Å². The summed E-state index contributed by atoms with van der Waals surface area (Å²) in [6.45, 7) is 3.06. The molecular weight excluding hydrogens is 324 g/mol. The predicted octanol–water partition coefficient (Wildman–Crippen LogP) is 0.701. The molecule has 3 heterocycles. The lowest BCUT2D eigenvalue weighted by Gasteiger charge is -2.47. The number of sulfonamides is 1. The Hall–Kier alpha value is -0.770. The number of ether oxygens (including phenoxy) is 1. The van der Waals surface area contributed by atoms with Crippen LogP contribution < -0.4 is 4.90 Å². The predicted molar refractivity (Wildman–Crippen MR) is 83.6 cm³/mol. The SMILES string of the molecule is O=S(=O)(C1CC1)N1CCOC2(CCCN(c3nncs3)C2)C1. The summed E-state index contributed by atoms with van der Waals surface area (Å²) >= 11 is 1.51. The zero-order valence-electron chi connectivity index (χ0n) is 12.3. The lowest BCUT2D eigenvalue weighted by atomic mass is 9.92. The molecule has 9 heteroatoms. The van der Waals surface area contributed by atoms with Gasteiger partial charge in [-0.25, -0.2) is 8.42 Å². The van der Waals surface area contributed by atoms with E-state index in [1.165, 1.54) is 11.3 Å². The average molecular weight is 344 g/mol. The van der Waals surface area contributed by atoms with Crippen molar-refractivity contribution in [1.82, 2.24) is 14.5 Å². The molecule has 0 N–H and O–H groups in total.